The van der Waals surface area contributed by atoms with Gasteiger partial charge in [0.05, 0.1) is 12.0 Å². The van der Waals surface area contributed by atoms with Gasteiger partial charge < -0.3 is 20.3 Å². The topological polar surface area (TPSA) is 95.9 Å². The van der Waals surface area contributed by atoms with Crippen LogP contribution in [0, 0.1) is 5.92 Å². The first-order valence-electron chi connectivity index (χ1n) is 5.09. The van der Waals surface area contributed by atoms with Crippen molar-refractivity contribution in [2.75, 3.05) is 6.54 Å². The number of hydrogen-bond donors (Lipinski definition) is 3. The van der Waals surface area contributed by atoms with Gasteiger partial charge in [0, 0.05) is 6.54 Å². The van der Waals surface area contributed by atoms with Gasteiger partial charge >= 0.3 is 11.9 Å². The molecule has 0 saturated carbocycles. The van der Waals surface area contributed by atoms with Crippen LogP contribution in [0.25, 0.3) is 0 Å². The predicted octanol–water partition coefficient (Wildman–Crippen LogP) is -0.638. The highest BCUT2D eigenvalue weighted by Crippen LogP contribution is 2.20. The normalized spacial score (nSPS) is 30.1. The van der Waals surface area contributed by atoms with Crippen LogP contribution in [0.1, 0.15) is 20.8 Å². The van der Waals surface area contributed by atoms with E-state index in [-0.39, 0.29) is 6.54 Å². The largest absolute Gasteiger partial charge is 0.480 e. The number of nitrogens with one attached hydrogen (secondary N) is 1. The van der Waals surface area contributed by atoms with Crippen molar-refractivity contribution in [1.82, 2.24) is 5.32 Å². The minimum atomic E-state index is -1.24. The van der Waals surface area contributed by atoms with E-state index in [0.717, 1.165) is 0 Å². The van der Waals surface area contributed by atoms with E-state index in [0.29, 0.717) is 0 Å². The number of hydrogen-bond acceptors (Lipinski definition) is 5. The lowest BCUT2D eigenvalue weighted by molar-refractivity contribution is -0.162. The number of carbonyl (C=O) groups is 2. The molecule has 0 aliphatic carbocycles. The molecule has 0 aromatic heterocycles. The molecule has 1 saturated heterocycles. The Balaban J connectivity index is 2.63. The van der Waals surface area contributed by atoms with Crippen LogP contribution in [0.4, 0.5) is 0 Å². The molecule has 16 heavy (non-hydrogen) atoms. The lowest BCUT2D eigenvalue weighted by Crippen LogP contribution is -2.41. The third-order valence-electron chi connectivity index (χ3n) is 2.29. The van der Waals surface area contributed by atoms with E-state index in [1.165, 1.54) is 0 Å². The average Bonchev–Trinajstić information content (AvgIpc) is 2.43. The molecule has 0 unspecified atom stereocenters. The van der Waals surface area contributed by atoms with Crippen LogP contribution in [0.2, 0.25) is 0 Å². The SMILES string of the molecule is CC(C)(C)OC(=O)[C@@H]1CN[C@H](C(=O)O)[C@H]1O. The zero-order valence-electron chi connectivity index (χ0n) is 9.56. The zero-order chi connectivity index (χ0) is 12.5. The molecule has 1 aliphatic rings. The van der Waals surface area contributed by atoms with Gasteiger partial charge in [-0.25, -0.2) is 0 Å². The predicted molar refractivity (Wildman–Crippen MR) is 54.8 cm³/mol. The van der Waals surface area contributed by atoms with Crippen LogP contribution >= 0.6 is 0 Å². The van der Waals surface area contributed by atoms with Gasteiger partial charge in [0.1, 0.15) is 11.6 Å². The minimum absolute atomic E-state index is 0.118. The Labute approximate surface area is 93.6 Å². The average molecular weight is 231 g/mol. The number of ether oxygens (including phenoxy) is 1. The molecule has 92 valence electrons. The molecule has 6 nitrogen and oxygen atoms in total. The summed E-state index contributed by atoms with van der Waals surface area (Å²) in [6.07, 6.45) is -1.24. The van der Waals surface area contributed by atoms with E-state index in [9.17, 15) is 14.7 Å². The molecule has 1 heterocycles. The van der Waals surface area contributed by atoms with E-state index in [1.807, 2.05) is 0 Å². The molecule has 3 N–H and O–H groups in total. The van der Waals surface area contributed by atoms with Crippen molar-refractivity contribution in [1.29, 1.82) is 0 Å². The monoisotopic (exact) mass is 231 g/mol. The van der Waals surface area contributed by atoms with Crippen LogP contribution in [-0.4, -0.2) is 46.4 Å². The molecule has 1 fully saturated rings. The van der Waals surface area contributed by atoms with Gasteiger partial charge in [-0.3, -0.25) is 9.59 Å². The molecule has 0 spiro atoms. The van der Waals surface area contributed by atoms with Gasteiger partial charge in [-0.2, -0.15) is 0 Å². The highest BCUT2D eigenvalue weighted by molar-refractivity contribution is 5.80. The molecular weight excluding hydrogens is 214 g/mol. The van der Waals surface area contributed by atoms with Crippen LogP contribution in [0.5, 0.6) is 0 Å². The van der Waals surface area contributed by atoms with E-state index in [2.05, 4.69) is 5.32 Å². The fourth-order valence-corrected chi connectivity index (χ4v) is 1.56. The van der Waals surface area contributed by atoms with Gasteiger partial charge in [-0.05, 0) is 20.8 Å². The number of rotatable bonds is 2. The summed E-state index contributed by atoms with van der Waals surface area (Å²) < 4.78 is 5.09. The minimum Gasteiger partial charge on any atom is -0.480 e. The first-order valence-corrected chi connectivity index (χ1v) is 5.09. The molecular formula is C10H17NO5. The number of esters is 1. The summed E-state index contributed by atoms with van der Waals surface area (Å²) in [5.74, 6) is -2.56. The quantitative estimate of drug-likeness (QED) is 0.547. The lowest BCUT2D eigenvalue weighted by Gasteiger charge is -2.23. The second kappa shape index (κ2) is 4.39. The van der Waals surface area contributed by atoms with Crippen LogP contribution in [0.3, 0.4) is 0 Å². The summed E-state index contributed by atoms with van der Waals surface area (Å²) >= 11 is 0. The number of aliphatic carboxylic acids is 1. The third kappa shape index (κ3) is 2.93. The van der Waals surface area contributed by atoms with E-state index in [4.69, 9.17) is 9.84 Å². The molecule has 3 atom stereocenters. The number of carboxylic acid groups (broad SMARTS) is 1. The summed E-state index contributed by atoms with van der Waals surface area (Å²) in [6.45, 7) is 5.27. The van der Waals surface area contributed by atoms with E-state index >= 15 is 0 Å². The van der Waals surface area contributed by atoms with Crippen molar-refractivity contribution >= 4 is 11.9 Å². The second-order valence-corrected chi connectivity index (χ2v) is 4.85. The van der Waals surface area contributed by atoms with Gasteiger partial charge in [0.25, 0.3) is 0 Å². The van der Waals surface area contributed by atoms with Gasteiger partial charge in [0.2, 0.25) is 0 Å². The fraction of sp³-hybridized carbons (Fsp3) is 0.800. The molecule has 0 amide bonds. The van der Waals surface area contributed by atoms with Crippen molar-refractivity contribution in [2.24, 2.45) is 5.92 Å². The molecule has 1 aliphatic heterocycles. The van der Waals surface area contributed by atoms with E-state index < -0.39 is 35.6 Å². The van der Waals surface area contributed by atoms with Crippen LogP contribution in [0.15, 0.2) is 0 Å². The first-order chi connectivity index (χ1) is 7.22. The fourth-order valence-electron chi connectivity index (χ4n) is 1.56. The zero-order valence-corrected chi connectivity index (χ0v) is 9.56. The van der Waals surface area contributed by atoms with Crippen LogP contribution < -0.4 is 5.32 Å². The Bertz CT molecular complexity index is 296. The maximum absolute atomic E-state index is 11.6. The Hall–Kier alpha value is -1.14. The summed E-state index contributed by atoms with van der Waals surface area (Å²) in [5.41, 5.74) is -0.641. The highest BCUT2D eigenvalue weighted by Gasteiger charge is 2.44. The second-order valence-electron chi connectivity index (χ2n) is 4.85. The van der Waals surface area contributed by atoms with Gasteiger partial charge in [-0.1, -0.05) is 0 Å². The molecule has 6 heteroatoms. The van der Waals surface area contributed by atoms with Gasteiger partial charge in [0.15, 0.2) is 0 Å². The Morgan fingerprint density at radius 2 is 1.94 bits per heavy atom. The molecule has 0 radical (unpaired) electrons. The smallest absolute Gasteiger partial charge is 0.323 e. The maximum atomic E-state index is 11.6. The standard InChI is InChI=1S/C10H17NO5/c1-10(2,3)16-9(15)5-4-11-6(7(5)12)8(13)14/h5-7,11-12H,4H2,1-3H3,(H,13,14)/t5-,6+,7+/m1/s1. The molecule has 1 rings (SSSR count). The number of carbonyl (C=O) groups excluding carboxylic acids is 1. The Morgan fingerprint density at radius 3 is 2.31 bits per heavy atom. The summed E-state index contributed by atoms with van der Waals surface area (Å²) in [6, 6.07) is -1.10. The number of aliphatic hydroxyl groups is 1. The third-order valence-corrected chi connectivity index (χ3v) is 2.29. The van der Waals surface area contributed by atoms with E-state index in [1.54, 1.807) is 20.8 Å². The van der Waals surface area contributed by atoms with Crippen molar-refractivity contribution in [3.8, 4) is 0 Å². The van der Waals surface area contributed by atoms with Crippen LogP contribution in [-0.2, 0) is 14.3 Å². The molecule has 0 bridgehead atoms. The highest BCUT2D eigenvalue weighted by atomic mass is 16.6. The number of carboxylic acids is 1. The first kappa shape index (κ1) is 12.9. The van der Waals surface area contributed by atoms with Crippen molar-refractivity contribution in [2.45, 2.75) is 38.5 Å². The molecule has 0 aromatic rings. The van der Waals surface area contributed by atoms with Crippen molar-refractivity contribution < 1.29 is 24.5 Å². The lowest BCUT2D eigenvalue weighted by atomic mass is 10.0. The Kier molecular flexibility index (Phi) is 3.54. The molecule has 0 aromatic carbocycles. The Morgan fingerprint density at radius 1 is 1.38 bits per heavy atom. The summed E-state index contributed by atoms with van der Waals surface area (Å²) in [7, 11) is 0. The summed E-state index contributed by atoms with van der Waals surface area (Å²) in [4.78, 5) is 22.3. The van der Waals surface area contributed by atoms with Crippen molar-refractivity contribution in [3.63, 3.8) is 0 Å². The summed E-state index contributed by atoms with van der Waals surface area (Å²) in [5, 5.41) is 21.0. The van der Waals surface area contributed by atoms with Crippen molar-refractivity contribution in [3.05, 3.63) is 0 Å². The van der Waals surface area contributed by atoms with Gasteiger partial charge in [-0.15, -0.1) is 0 Å². The maximum Gasteiger partial charge on any atom is 0.323 e. The number of aliphatic hydroxyl groups excluding tert-OH is 1.